The van der Waals surface area contributed by atoms with Gasteiger partial charge in [0.1, 0.15) is 0 Å². The molecule has 6 heteroatoms. The number of methoxy groups -OCH3 is 1. The lowest BCUT2D eigenvalue weighted by Crippen LogP contribution is -2.42. The van der Waals surface area contributed by atoms with Crippen LogP contribution in [0.2, 0.25) is 0 Å². The van der Waals surface area contributed by atoms with Crippen LogP contribution in [0.3, 0.4) is 0 Å². The average Bonchev–Trinajstić information content (AvgIpc) is 2.52. The van der Waals surface area contributed by atoms with Crippen molar-refractivity contribution >= 4 is 10.0 Å². The summed E-state index contributed by atoms with van der Waals surface area (Å²) in [6.45, 7) is 5.17. The van der Waals surface area contributed by atoms with E-state index in [1.807, 2.05) is 12.1 Å². The highest BCUT2D eigenvalue weighted by atomic mass is 32.2. The molecule has 2 rings (SSSR count). The van der Waals surface area contributed by atoms with Crippen molar-refractivity contribution in [3.05, 3.63) is 29.8 Å². The summed E-state index contributed by atoms with van der Waals surface area (Å²) in [7, 11) is -1.78. The maximum Gasteiger partial charge on any atom is 0.240 e. The first-order valence-electron chi connectivity index (χ1n) is 7.73. The lowest BCUT2D eigenvalue weighted by atomic mass is 9.81. The number of nitrogens with one attached hydrogen (secondary N) is 2. The molecule has 0 aliphatic carbocycles. The summed E-state index contributed by atoms with van der Waals surface area (Å²) in [6.07, 6.45) is 2.77. The first-order valence-corrected chi connectivity index (χ1v) is 9.22. The van der Waals surface area contributed by atoms with Crippen molar-refractivity contribution in [2.75, 3.05) is 33.4 Å². The molecule has 0 radical (unpaired) electrons. The Balaban J connectivity index is 1.97. The van der Waals surface area contributed by atoms with Gasteiger partial charge in [-0.15, -0.1) is 0 Å². The van der Waals surface area contributed by atoms with Crippen LogP contribution in [0.15, 0.2) is 29.2 Å². The number of piperidine rings is 1. The van der Waals surface area contributed by atoms with E-state index in [1.54, 1.807) is 19.2 Å². The molecule has 0 unspecified atom stereocenters. The molecule has 0 aromatic heterocycles. The largest absolute Gasteiger partial charge is 0.384 e. The van der Waals surface area contributed by atoms with Crippen LogP contribution in [0, 0.1) is 5.41 Å². The number of rotatable bonds is 7. The van der Waals surface area contributed by atoms with Crippen molar-refractivity contribution in [2.24, 2.45) is 5.41 Å². The monoisotopic (exact) mass is 326 g/mol. The molecular weight excluding hydrogens is 300 g/mol. The molecule has 2 N–H and O–H groups in total. The van der Waals surface area contributed by atoms with Gasteiger partial charge in [0.15, 0.2) is 0 Å². The lowest BCUT2D eigenvalue weighted by Gasteiger charge is -2.34. The Kier molecular flexibility index (Phi) is 5.97. The fraction of sp³-hybridized carbons (Fsp3) is 0.625. The normalized spacial score (nSPS) is 18.3. The van der Waals surface area contributed by atoms with E-state index in [4.69, 9.17) is 4.74 Å². The minimum absolute atomic E-state index is 0.0384. The molecule has 22 heavy (non-hydrogen) atoms. The molecule has 124 valence electrons. The molecule has 0 bridgehead atoms. The fourth-order valence-electron chi connectivity index (χ4n) is 2.61. The molecule has 1 fully saturated rings. The van der Waals surface area contributed by atoms with Crippen molar-refractivity contribution in [1.29, 1.82) is 0 Å². The molecule has 0 spiro atoms. The smallest absolute Gasteiger partial charge is 0.240 e. The lowest BCUT2D eigenvalue weighted by molar-refractivity contribution is 0.202. The molecular formula is C16H26N2O3S. The number of ether oxygens (including phenoxy) is 1. The van der Waals surface area contributed by atoms with Gasteiger partial charge in [-0.25, -0.2) is 13.1 Å². The summed E-state index contributed by atoms with van der Waals surface area (Å²) in [5.41, 5.74) is 1.11. The zero-order valence-corrected chi connectivity index (χ0v) is 14.2. The molecule has 1 aliphatic heterocycles. The maximum atomic E-state index is 12.4. The third kappa shape index (κ3) is 4.78. The van der Waals surface area contributed by atoms with Gasteiger partial charge < -0.3 is 10.1 Å². The van der Waals surface area contributed by atoms with E-state index >= 15 is 0 Å². The van der Waals surface area contributed by atoms with E-state index < -0.39 is 10.0 Å². The second kappa shape index (κ2) is 7.55. The van der Waals surface area contributed by atoms with Crippen LogP contribution in [0.5, 0.6) is 0 Å². The molecule has 1 heterocycles. The van der Waals surface area contributed by atoms with E-state index in [9.17, 15) is 8.42 Å². The predicted octanol–water partition coefficient (Wildman–Crippen LogP) is 1.54. The van der Waals surface area contributed by atoms with Crippen molar-refractivity contribution in [3.8, 4) is 0 Å². The highest BCUT2D eigenvalue weighted by Crippen LogP contribution is 2.27. The van der Waals surface area contributed by atoms with Crippen molar-refractivity contribution < 1.29 is 13.2 Å². The molecule has 0 saturated carbocycles. The van der Waals surface area contributed by atoms with Crippen molar-refractivity contribution in [3.63, 3.8) is 0 Å². The highest BCUT2D eigenvalue weighted by molar-refractivity contribution is 7.89. The van der Waals surface area contributed by atoms with E-state index in [0.29, 0.717) is 18.0 Å². The van der Waals surface area contributed by atoms with Gasteiger partial charge in [-0.05, 0) is 55.5 Å². The Morgan fingerprint density at radius 3 is 2.45 bits per heavy atom. The third-order valence-electron chi connectivity index (χ3n) is 4.33. The van der Waals surface area contributed by atoms with E-state index in [0.717, 1.165) is 37.9 Å². The van der Waals surface area contributed by atoms with Gasteiger partial charge in [-0.1, -0.05) is 19.1 Å². The van der Waals surface area contributed by atoms with Crippen LogP contribution >= 0.6 is 0 Å². The topological polar surface area (TPSA) is 67.4 Å². The summed E-state index contributed by atoms with van der Waals surface area (Å²) in [4.78, 5) is 0.325. The zero-order chi connectivity index (χ0) is 16.1. The minimum Gasteiger partial charge on any atom is -0.384 e. The number of hydrogen-bond donors (Lipinski definition) is 2. The highest BCUT2D eigenvalue weighted by Gasteiger charge is 2.28. The number of benzene rings is 1. The van der Waals surface area contributed by atoms with Crippen LogP contribution in [0.25, 0.3) is 0 Å². The summed E-state index contributed by atoms with van der Waals surface area (Å²) >= 11 is 0. The molecule has 5 nitrogen and oxygen atoms in total. The Bertz CT molecular complexity index is 564. The molecule has 0 amide bonds. The fourth-order valence-corrected chi connectivity index (χ4v) is 3.81. The second-order valence-electron chi connectivity index (χ2n) is 6.27. The van der Waals surface area contributed by atoms with Crippen molar-refractivity contribution in [2.45, 2.75) is 31.1 Å². The van der Waals surface area contributed by atoms with E-state index in [2.05, 4.69) is 17.0 Å². The van der Waals surface area contributed by atoms with Crippen LogP contribution in [0.1, 0.15) is 25.3 Å². The van der Waals surface area contributed by atoms with Crippen molar-refractivity contribution in [1.82, 2.24) is 10.0 Å². The van der Waals surface area contributed by atoms with Gasteiger partial charge in [-0.2, -0.15) is 0 Å². The van der Waals surface area contributed by atoms with Crippen LogP contribution in [-0.4, -0.2) is 41.8 Å². The molecule has 1 aromatic rings. The van der Waals surface area contributed by atoms with E-state index in [-0.39, 0.29) is 5.41 Å². The number of sulfonamides is 1. The second-order valence-corrected chi connectivity index (χ2v) is 8.04. The Morgan fingerprint density at radius 2 is 1.86 bits per heavy atom. The Hall–Kier alpha value is -0.950. The van der Waals surface area contributed by atoms with Gasteiger partial charge in [0, 0.05) is 13.7 Å². The summed E-state index contributed by atoms with van der Waals surface area (Å²) in [5.74, 6) is 0. The maximum absolute atomic E-state index is 12.4. The SMILES string of the molecule is COCCc1ccc(S(=O)(=O)NCC2(C)CCNCC2)cc1. The quantitative estimate of drug-likeness (QED) is 0.798. The van der Waals surface area contributed by atoms with Crippen LogP contribution < -0.4 is 10.0 Å². The first kappa shape index (κ1) is 17.4. The molecule has 1 aliphatic rings. The summed E-state index contributed by atoms with van der Waals surface area (Å²) in [5, 5.41) is 3.30. The summed E-state index contributed by atoms with van der Waals surface area (Å²) < 4.78 is 32.6. The van der Waals surface area contributed by atoms with Crippen LogP contribution in [0.4, 0.5) is 0 Å². The molecule has 0 atom stereocenters. The zero-order valence-electron chi connectivity index (χ0n) is 13.4. The Labute approximate surface area is 133 Å². The van der Waals surface area contributed by atoms with Gasteiger partial charge in [0.05, 0.1) is 11.5 Å². The van der Waals surface area contributed by atoms with Gasteiger partial charge >= 0.3 is 0 Å². The summed E-state index contributed by atoms with van der Waals surface area (Å²) in [6, 6.07) is 7.02. The minimum atomic E-state index is -3.44. The van der Waals surface area contributed by atoms with Gasteiger partial charge in [0.25, 0.3) is 0 Å². The van der Waals surface area contributed by atoms with Gasteiger partial charge in [-0.3, -0.25) is 0 Å². The number of hydrogen-bond acceptors (Lipinski definition) is 4. The molecule has 1 saturated heterocycles. The standard InChI is InChI=1S/C16H26N2O3S/c1-16(8-10-17-11-9-16)13-18-22(19,20)15-5-3-14(4-6-15)7-12-21-2/h3-6,17-18H,7-13H2,1-2H3. The Morgan fingerprint density at radius 1 is 1.23 bits per heavy atom. The predicted molar refractivity (Wildman–Crippen MR) is 87.4 cm³/mol. The average molecular weight is 326 g/mol. The van der Waals surface area contributed by atoms with E-state index in [1.165, 1.54) is 0 Å². The van der Waals surface area contributed by atoms with Gasteiger partial charge in [0.2, 0.25) is 10.0 Å². The third-order valence-corrected chi connectivity index (χ3v) is 5.75. The van der Waals surface area contributed by atoms with Crippen LogP contribution in [-0.2, 0) is 21.2 Å². The molecule has 1 aromatic carbocycles. The first-order chi connectivity index (χ1) is 10.5.